The maximum Gasteiger partial charge on any atom is 0.245 e. The molecule has 18 heavy (non-hydrogen) atoms. The summed E-state index contributed by atoms with van der Waals surface area (Å²) < 4.78 is 0. The monoisotopic (exact) mass is 248 g/mol. The van der Waals surface area contributed by atoms with Gasteiger partial charge in [0.1, 0.15) is 5.54 Å². The summed E-state index contributed by atoms with van der Waals surface area (Å²) in [6.07, 6.45) is -0.540. The van der Waals surface area contributed by atoms with Crippen LogP contribution in [0.15, 0.2) is 24.3 Å². The van der Waals surface area contributed by atoms with Gasteiger partial charge in [0.25, 0.3) is 0 Å². The highest BCUT2D eigenvalue weighted by molar-refractivity contribution is 5.90. The fraction of sp³-hybridized carbons (Fsp3) is 0.500. The van der Waals surface area contributed by atoms with E-state index in [0.717, 1.165) is 17.8 Å². The molecule has 0 bridgehead atoms. The summed E-state index contributed by atoms with van der Waals surface area (Å²) in [5.74, 6) is 0.0224. The molecule has 4 nitrogen and oxygen atoms in total. The lowest BCUT2D eigenvalue weighted by atomic mass is 9.95. The molecule has 0 aliphatic carbocycles. The molecule has 0 saturated carbocycles. The number of piperazine rings is 1. The van der Waals surface area contributed by atoms with Gasteiger partial charge < -0.3 is 15.3 Å². The van der Waals surface area contributed by atoms with Gasteiger partial charge in [0.15, 0.2) is 0 Å². The van der Waals surface area contributed by atoms with Crippen LogP contribution in [-0.2, 0) is 4.79 Å². The van der Waals surface area contributed by atoms with Gasteiger partial charge in [-0.15, -0.1) is 0 Å². The van der Waals surface area contributed by atoms with E-state index in [1.165, 1.54) is 0 Å². The van der Waals surface area contributed by atoms with Crippen molar-refractivity contribution in [2.45, 2.75) is 32.4 Å². The first-order valence-electron chi connectivity index (χ1n) is 6.27. The van der Waals surface area contributed by atoms with Gasteiger partial charge in [0.2, 0.25) is 5.91 Å². The highest BCUT2D eigenvalue weighted by atomic mass is 16.3. The van der Waals surface area contributed by atoms with Crippen LogP contribution in [-0.4, -0.2) is 29.6 Å². The lowest BCUT2D eigenvalue weighted by molar-refractivity contribution is -0.126. The van der Waals surface area contributed by atoms with Crippen molar-refractivity contribution >= 4 is 11.6 Å². The van der Waals surface area contributed by atoms with E-state index in [9.17, 15) is 9.90 Å². The zero-order valence-corrected chi connectivity index (χ0v) is 11.1. The summed E-state index contributed by atoms with van der Waals surface area (Å²) in [5.41, 5.74) is 1.20. The van der Waals surface area contributed by atoms with E-state index in [1.807, 2.05) is 38.1 Å². The molecule has 0 radical (unpaired) electrons. The molecule has 4 heteroatoms. The molecule has 1 fully saturated rings. The Morgan fingerprint density at radius 2 is 2.06 bits per heavy atom. The second kappa shape index (κ2) is 4.61. The van der Waals surface area contributed by atoms with Gasteiger partial charge in [0, 0.05) is 24.3 Å². The first-order valence-corrected chi connectivity index (χ1v) is 6.27. The Hall–Kier alpha value is -1.55. The SMILES string of the molecule is CC(O)c1ccccc1N1CCNC(=O)C1(C)C. The quantitative estimate of drug-likeness (QED) is 0.833. The van der Waals surface area contributed by atoms with Crippen LogP contribution in [0.3, 0.4) is 0 Å². The minimum Gasteiger partial charge on any atom is -0.389 e. The Kier molecular flexibility index (Phi) is 3.30. The number of amides is 1. The molecule has 1 aromatic rings. The van der Waals surface area contributed by atoms with Gasteiger partial charge in [-0.3, -0.25) is 4.79 Å². The molecule has 1 aliphatic rings. The van der Waals surface area contributed by atoms with Crippen LogP contribution >= 0.6 is 0 Å². The molecule has 1 aliphatic heterocycles. The number of carbonyl (C=O) groups excluding carboxylic acids is 1. The summed E-state index contributed by atoms with van der Waals surface area (Å²) in [5, 5.41) is 12.7. The molecular weight excluding hydrogens is 228 g/mol. The third kappa shape index (κ3) is 2.08. The Labute approximate surface area is 108 Å². The topological polar surface area (TPSA) is 52.6 Å². The van der Waals surface area contributed by atoms with Gasteiger partial charge >= 0.3 is 0 Å². The largest absolute Gasteiger partial charge is 0.389 e. The highest BCUT2D eigenvalue weighted by Crippen LogP contribution is 2.32. The number of aliphatic hydroxyl groups excluding tert-OH is 1. The number of nitrogens with one attached hydrogen (secondary N) is 1. The smallest absolute Gasteiger partial charge is 0.245 e. The maximum absolute atomic E-state index is 12.0. The molecule has 1 heterocycles. The number of para-hydroxylation sites is 1. The molecule has 2 rings (SSSR count). The maximum atomic E-state index is 12.0. The molecule has 98 valence electrons. The minimum absolute atomic E-state index is 0.0224. The summed E-state index contributed by atoms with van der Waals surface area (Å²) in [6.45, 7) is 6.94. The van der Waals surface area contributed by atoms with Crippen molar-refractivity contribution in [1.29, 1.82) is 0 Å². The third-order valence-corrected chi connectivity index (χ3v) is 3.53. The molecule has 1 aromatic carbocycles. The van der Waals surface area contributed by atoms with E-state index in [4.69, 9.17) is 0 Å². The fourth-order valence-corrected chi connectivity index (χ4v) is 2.41. The number of anilines is 1. The van der Waals surface area contributed by atoms with E-state index in [1.54, 1.807) is 6.92 Å². The van der Waals surface area contributed by atoms with Gasteiger partial charge in [-0.05, 0) is 26.8 Å². The highest BCUT2D eigenvalue weighted by Gasteiger charge is 2.38. The molecule has 1 atom stereocenters. The number of nitrogens with zero attached hydrogens (tertiary/aromatic N) is 1. The van der Waals surface area contributed by atoms with Crippen molar-refractivity contribution < 1.29 is 9.90 Å². The van der Waals surface area contributed by atoms with Crippen LogP contribution < -0.4 is 10.2 Å². The van der Waals surface area contributed by atoms with Crippen molar-refractivity contribution in [3.63, 3.8) is 0 Å². The zero-order chi connectivity index (χ0) is 13.3. The normalized spacial score (nSPS) is 20.4. The summed E-state index contributed by atoms with van der Waals surface area (Å²) in [4.78, 5) is 14.0. The molecule has 0 aromatic heterocycles. The Morgan fingerprint density at radius 3 is 2.72 bits per heavy atom. The van der Waals surface area contributed by atoms with Crippen LogP contribution in [0, 0.1) is 0 Å². The average Bonchev–Trinajstić information content (AvgIpc) is 2.32. The van der Waals surface area contributed by atoms with Crippen molar-refractivity contribution in [2.75, 3.05) is 18.0 Å². The lowest BCUT2D eigenvalue weighted by Gasteiger charge is -2.43. The first kappa shape index (κ1) is 12.9. The number of aliphatic hydroxyl groups is 1. The van der Waals surface area contributed by atoms with E-state index in [2.05, 4.69) is 10.2 Å². The van der Waals surface area contributed by atoms with E-state index < -0.39 is 11.6 Å². The molecular formula is C14H20N2O2. The predicted octanol–water partition coefficient (Wildman–Crippen LogP) is 1.45. The van der Waals surface area contributed by atoms with Crippen molar-refractivity contribution in [1.82, 2.24) is 5.32 Å². The standard InChI is InChI=1S/C14H20N2O2/c1-10(17)11-6-4-5-7-12(11)16-9-8-15-13(18)14(16,2)3/h4-7,10,17H,8-9H2,1-3H3,(H,15,18). The molecule has 1 unspecified atom stereocenters. The predicted molar refractivity (Wildman–Crippen MR) is 71.5 cm³/mol. The fourth-order valence-electron chi connectivity index (χ4n) is 2.41. The van der Waals surface area contributed by atoms with Crippen LogP contribution in [0.2, 0.25) is 0 Å². The van der Waals surface area contributed by atoms with Gasteiger partial charge in [-0.2, -0.15) is 0 Å². The Balaban J connectivity index is 2.45. The minimum atomic E-state index is -0.594. The zero-order valence-electron chi connectivity index (χ0n) is 11.1. The average molecular weight is 248 g/mol. The van der Waals surface area contributed by atoms with Gasteiger partial charge in [-0.25, -0.2) is 0 Å². The van der Waals surface area contributed by atoms with Gasteiger partial charge in [0.05, 0.1) is 6.10 Å². The van der Waals surface area contributed by atoms with E-state index in [-0.39, 0.29) is 5.91 Å². The van der Waals surface area contributed by atoms with Crippen molar-refractivity contribution in [2.24, 2.45) is 0 Å². The molecule has 1 amide bonds. The number of hydrogen-bond donors (Lipinski definition) is 2. The molecule has 0 spiro atoms. The number of hydrogen-bond acceptors (Lipinski definition) is 3. The summed E-state index contributed by atoms with van der Waals surface area (Å²) in [6, 6.07) is 7.71. The summed E-state index contributed by atoms with van der Waals surface area (Å²) >= 11 is 0. The number of carbonyl (C=O) groups is 1. The molecule has 1 saturated heterocycles. The second-order valence-electron chi connectivity index (χ2n) is 5.20. The van der Waals surface area contributed by atoms with Crippen LogP contribution in [0.5, 0.6) is 0 Å². The lowest BCUT2D eigenvalue weighted by Crippen LogP contribution is -2.62. The molecule has 2 N–H and O–H groups in total. The summed E-state index contributed by atoms with van der Waals surface area (Å²) in [7, 11) is 0. The number of rotatable bonds is 2. The Morgan fingerprint density at radius 1 is 1.39 bits per heavy atom. The van der Waals surface area contributed by atoms with Crippen LogP contribution in [0.1, 0.15) is 32.4 Å². The van der Waals surface area contributed by atoms with Crippen molar-refractivity contribution in [3.05, 3.63) is 29.8 Å². The second-order valence-corrected chi connectivity index (χ2v) is 5.20. The Bertz CT molecular complexity index is 455. The van der Waals surface area contributed by atoms with Crippen molar-refractivity contribution in [3.8, 4) is 0 Å². The third-order valence-electron chi connectivity index (χ3n) is 3.53. The van der Waals surface area contributed by atoms with Crippen LogP contribution in [0.4, 0.5) is 5.69 Å². The van der Waals surface area contributed by atoms with Gasteiger partial charge in [-0.1, -0.05) is 18.2 Å². The van der Waals surface area contributed by atoms with E-state index in [0.29, 0.717) is 6.54 Å². The first-order chi connectivity index (χ1) is 8.44. The van der Waals surface area contributed by atoms with E-state index >= 15 is 0 Å². The van der Waals surface area contributed by atoms with Crippen LogP contribution in [0.25, 0.3) is 0 Å². The number of benzene rings is 1.